The Morgan fingerprint density at radius 3 is 2.33 bits per heavy atom. The Balaban J connectivity index is 1.21. The molecule has 252 valence electrons. The molecular weight excluding hydrogens is 572 g/mol. The summed E-state index contributed by atoms with van der Waals surface area (Å²) < 4.78 is 23.9. The predicted molar refractivity (Wildman–Crippen MR) is 166 cm³/mol. The van der Waals surface area contributed by atoms with E-state index >= 15 is 0 Å². The molecule has 6 saturated carbocycles. The molecule has 6 aliphatic carbocycles. The molecule has 3 unspecified atom stereocenters. The lowest BCUT2D eigenvalue weighted by molar-refractivity contribution is -0.221. The summed E-state index contributed by atoms with van der Waals surface area (Å²) in [6.07, 6.45) is 12.3. The van der Waals surface area contributed by atoms with Crippen molar-refractivity contribution in [3.8, 4) is 0 Å². The van der Waals surface area contributed by atoms with Crippen LogP contribution in [0.4, 0.5) is 0 Å². The summed E-state index contributed by atoms with van der Waals surface area (Å²) in [6, 6.07) is 0. The maximum atomic E-state index is 13.3. The monoisotopic (exact) mass is 628 g/mol. The molecule has 6 fully saturated rings. The van der Waals surface area contributed by atoms with Crippen molar-refractivity contribution in [2.45, 2.75) is 148 Å². The first-order valence-electron chi connectivity index (χ1n) is 18.1. The highest BCUT2D eigenvalue weighted by molar-refractivity contribution is 5.70. The third kappa shape index (κ3) is 5.52. The quantitative estimate of drug-likeness (QED) is 0.140. The molecule has 0 radical (unpaired) electrons. The summed E-state index contributed by atoms with van der Waals surface area (Å²) in [6.45, 7) is 11.8. The zero-order chi connectivity index (χ0) is 32.1. The van der Waals surface area contributed by atoms with E-state index in [4.69, 9.17) is 18.9 Å². The van der Waals surface area contributed by atoms with E-state index in [-0.39, 0.29) is 82.2 Å². The lowest BCUT2D eigenvalue weighted by atomic mass is 9.43. The Morgan fingerprint density at radius 1 is 0.911 bits per heavy atom. The number of hydrogen-bond acceptors (Lipinski definition) is 8. The molecule has 0 spiro atoms. The third-order valence-electron chi connectivity index (χ3n) is 14.9. The molecule has 0 amide bonds. The van der Waals surface area contributed by atoms with Crippen molar-refractivity contribution < 1.29 is 38.1 Å². The van der Waals surface area contributed by atoms with E-state index in [9.17, 15) is 19.2 Å². The molecule has 0 aromatic rings. The van der Waals surface area contributed by atoms with Gasteiger partial charge in [-0.1, -0.05) is 27.7 Å². The lowest BCUT2D eigenvalue weighted by Gasteiger charge is -2.64. The predicted octanol–water partition coefficient (Wildman–Crippen LogP) is 6.81. The van der Waals surface area contributed by atoms with Crippen molar-refractivity contribution >= 4 is 24.9 Å². The topological polar surface area (TPSA) is 105 Å². The van der Waals surface area contributed by atoms with Gasteiger partial charge in [-0.3, -0.25) is 19.2 Å². The number of carbonyl (C=O) groups is 4. The summed E-state index contributed by atoms with van der Waals surface area (Å²) in [5.41, 5.74) is -0.553. The first-order chi connectivity index (χ1) is 21.5. The number of carbonyl (C=O) groups excluding carboxylic acids is 4. The Kier molecular flexibility index (Phi) is 9.10. The van der Waals surface area contributed by atoms with Crippen LogP contribution in [0.25, 0.3) is 0 Å². The molecule has 0 aromatic heterocycles. The fourth-order valence-corrected chi connectivity index (χ4v) is 12.7. The molecule has 0 heterocycles. The standard InChI is InChI=1S/C37H56O8/c1-6-37(19-24-8-9-25(37)15-24)45-33(41)12-7-22(2)28-10-11-29-34-30(18-32(36(28,29)5)44-23(3)40)35(4)14-13-27(42-20-38)16-26(35)17-31(34)43-21-39/h20-22,24-32,34H,6-19H2,1-5H3/t22?,24-,25+,26?,27-,28?,29+,30+,31-,32+,34+,35+,36-,37+/m1/s1. The maximum absolute atomic E-state index is 13.3. The van der Waals surface area contributed by atoms with Gasteiger partial charge in [0.25, 0.3) is 12.9 Å². The molecule has 0 aromatic carbocycles. The van der Waals surface area contributed by atoms with Crippen molar-refractivity contribution in [3.05, 3.63) is 0 Å². The second kappa shape index (κ2) is 12.5. The summed E-state index contributed by atoms with van der Waals surface area (Å²) in [5.74, 6) is 2.38. The smallest absolute Gasteiger partial charge is 0.306 e. The minimum Gasteiger partial charge on any atom is -0.465 e. The van der Waals surface area contributed by atoms with Gasteiger partial charge in [0.05, 0.1) is 0 Å². The highest BCUT2D eigenvalue weighted by Crippen LogP contribution is 2.69. The van der Waals surface area contributed by atoms with E-state index in [0.717, 1.165) is 70.1 Å². The van der Waals surface area contributed by atoms with E-state index < -0.39 is 0 Å². The van der Waals surface area contributed by atoms with Crippen molar-refractivity contribution in [1.29, 1.82) is 0 Å². The molecule has 2 bridgehead atoms. The van der Waals surface area contributed by atoms with Gasteiger partial charge in [-0.05, 0) is 130 Å². The molecule has 0 N–H and O–H groups in total. The molecule has 6 rings (SSSR count). The molecule has 14 atom stereocenters. The van der Waals surface area contributed by atoms with Crippen molar-refractivity contribution in [1.82, 2.24) is 0 Å². The van der Waals surface area contributed by atoms with Crippen LogP contribution < -0.4 is 0 Å². The highest BCUT2D eigenvalue weighted by atomic mass is 16.6. The van der Waals surface area contributed by atoms with Crippen LogP contribution in [-0.4, -0.2) is 48.8 Å². The van der Waals surface area contributed by atoms with E-state index in [1.54, 1.807) is 0 Å². The Bertz CT molecular complexity index is 1140. The molecular formula is C37H56O8. The zero-order valence-corrected chi connectivity index (χ0v) is 28.2. The van der Waals surface area contributed by atoms with Crippen molar-refractivity contribution in [3.63, 3.8) is 0 Å². The average Bonchev–Trinajstić information content (AvgIpc) is 3.71. The fraction of sp³-hybridized carbons (Fsp3) is 0.892. The van der Waals surface area contributed by atoms with Gasteiger partial charge in [0.2, 0.25) is 0 Å². The van der Waals surface area contributed by atoms with Crippen LogP contribution in [0.3, 0.4) is 0 Å². The Hall–Kier alpha value is -2.12. The highest BCUT2D eigenvalue weighted by Gasteiger charge is 2.67. The van der Waals surface area contributed by atoms with Gasteiger partial charge in [0.15, 0.2) is 0 Å². The van der Waals surface area contributed by atoms with Crippen molar-refractivity contribution in [2.24, 2.45) is 58.2 Å². The molecule has 0 aliphatic heterocycles. The third-order valence-corrected chi connectivity index (χ3v) is 14.9. The minimum absolute atomic E-state index is 0.0156. The molecule has 0 saturated heterocycles. The zero-order valence-electron chi connectivity index (χ0n) is 28.2. The van der Waals surface area contributed by atoms with Gasteiger partial charge in [-0.25, -0.2) is 0 Å². The Morgan fingerprint density at radius 2 is 1.69 bits per heavy atom. The van der Waals surface area contributed by atoms with Crippen LogP contribution in [0.15, 0.2) is 0 Å². The number of ether oxygens (including phenoxy) is 4. The van der Waals surface area contributed by atoms with Gasteiger partial charge >= 0.3 is 11.9 Å². The fourth-order valence-electron chi connectivity index (χ4n) is 12.7. The maximum Gasteiger partial charge on any atom is 0.306 e. The van der Waals surface area contributed by atoms with Gasteiger partial charge in [-0.15, -0.1) is 0 Å². The number of rotatable bonds is 11. The number of esters is 2. The molecule has 8 heteroatoms. The van der Waals surface area contributed by atoms with E-state index in [0.29, 0.717) is 25.3 Å². The van der Waals surface area contributed by atoms with Gasteiger partial charge in [0.1, 0.15) is 23.9 Å². The molecule has 8 nitrogen and oxygen atoms in total. The van der Waals surface area contributed by atoms with E-state index in [2.05, 4.69) is 27.7 Å². The second-order valence-corrected chi connectivity index (χ2v) is 16.5. The lowest BCUT2D eigenvalue weighted by Crippen LogP contribution is -2.63. The van der Waals surface area contributed by atoms with Crippen LogP contribution in [0, 0.1) is 58.2 Å². The summed E-state index contributed by atoms with van der Waals surface area (Å²) in [7, 11) is 0. The largest absolute Gasteiger partial charge is 0.465 e. The first-order valence-corrected chi connectivity index (χ1v) is 18.1. The van der Waals surface area contributed by atoms with E-state index in [1.165, 1.54) is 26.2 Å². The minimum atomic E-state index is -0.281. The average molecular weight is 629 g/mol. The van der Waals surface area contributed by atoms with Crippen LogP contribution >= 0.6 is 0 Å². The molecule has 45 heavy (non-hydrogen) atoms. The second-order valence-electron chi connectivity index (χ2n) is 16.5. The molecule has 6 aliphatic rings. The van der Waals surface area contributed by atoms with Gasteiger partial charge in [-0.2, -0.15) is 0 Å². The van der Waals surface area contributed by atoms with Crippen LogP contribution in [0.5, 0.6) is 0 Å². The van der Waals surface area contributed by atoms with Crippen molar-refractivity contribution in [2.75, 3.05) is 0 Å². The summed E-state index contributed by atoms with van der Waals surface area (Å²) in [4.78, 5) is 48.9. The SMILES string of the molecule is CC[C@]1(OC(=O)CCC(C)C2CC[C@H]3[C@@H]4[C@H](OC=O)CC5C[C@H](OC=O)CC[C@]5(C)[C@H]4C[C@H](OC(C)=O)[C@]23C)C[C@@H]2CC[C@H]1C2. The Labute approximate surface area is 269 Å². The van der Waals surface area contributed by atoms with Gasteiger partial charge in [0, 0.05) is 24.7 Å². The van der Waals surface area contributed by atoms with E-state index in [1.807, 2.05) is 0 Å². The number of fused-ring (bicyclic) bond motifs is 7. The van der Waals surface area contributed by atoms with Crippen LogP contribution in [0.1, 0.15) is 125 Å². The van der Waals surface area contributed by atoms with Crippen LogP contribution in [-0.2, 0) is 38.1 Å². The van der Waals surface area contributed by atoms with Gasteiger partial charge < -0.3 is 18.9 Å². The first kappa shape index (κ1) is 32.8. The normalized spacial score (nSPS) is 47.0. The summed E-state index contributed by atoms with van der Waals surface area (Å²) >= 11 is 0. The summed E-state index contributed by atoms with van der Waals surface area (Å²) in [5, 5.41) is 0. The number of hydrogen-bond donors (Lipinski definition) is 0. The van der Waals surface area contributed by atoms with Crippen LogP contribution in [0.2, 0.25) is 0 Å².